The number of hydrogen-bond donors (Lipinski definition) is 1. The summed E-state index contributed by atoms with van der Waals surface area (Å²) in [6, 6.07) is 12.5. The molecule has 1 aromatic heterocycles. The normalized spacial score (nSPS) is 20.3. The van der Waals surface area contributed by atoms with Crippen molar-refractivity contribution >= 4 is 0 Å². The third-order valence-electron chi connectivity index (χ3n) is 5.50. The van der Waals surface area contributed by atoms with Gasteiger partial charge in [0.25, 0.3) is 5.56 Å². The van der Waals surface area contributed by atoms with Gasteiger partial charge in [-0.15, -0.1) is 0 Å². The topological polar surface area (TPSA) is 42.1 Å². The van der Waals surface area contributed by atoms with E-state index in [1.54, 1.807) is 0 Å². The molecule has 2 aromatic rings. The van der Waals surface area contributed by atoms with E-state index in [0.717, 1.165) is 36.3 Å². The lowest BCUT2D eigenvalue weighted by atomic mass is 9.88. The van der Waals surface area contributed by atoms with Crippen LogP contribution in [-0.4, -0.2) is 11.1 Å². The molecule has 1 aliphatic carbocycles. The number of benzene rings is 1. The Bertz CT molecular complexity index is 764. The first kappa shape index (κ1) is 18.8. The first-order valence-electron chi connectivity index (χ1n) is 10.0. The molecule has 3 heteroatoms. The number of aromatic nitrogens is 1. The molecule has 3 nitrogen and oxygen atoms in total. The van der Waals surface area contributed by atoms with Gasteiger partial charge in [-0.1, -0.05) is 57.5 Å². The molecule has 0 spiro atoms. The third kappa shape index (κ3) is 4.57. The zero-order chi connectivity index (χ0) is 18.5. The minimum absolute atomic E-state index is 0.00373. The molecule has 0 aliphatic heterocycles. The summed E-state index contributed by atoms with van der Waals surface area (Å²) in [5.41, 5.74) is 3.03. The second-order valence-corrected chi connectivity index (χ2v) is 7.96. The number of rotatable bonds is 6. The van der Waals surface area contributed by atoms with E-state index in [4.69, 9.17) is 4.74 Å². The molecule has 1 aromatic carbocycles. The van der Waals surface area contributed by atoms with Crippen LogP contribution in [0.5, 0.6) is 5.75 Å². The number of ether oxygens (including phenoxy) is 1. The fraction of sp³-hybridized carbons (Fsp3) is 0.522. The van der Waals surface area contributed by atoms with Crippen LogP contribution in [0.3, 0.4) is 0 Å². The average Bonchev–Trinajstić information content (AvgIpc) is 2.62. The van der Waals surface area contributed by atoms with Crippen molar-refractivity contribution in [3.63, 3.8) is 0 Å². The van der Waals surface area contributed by atoms with E-state index in [2.05, 4.69) is 56.1 Å². The number of aryl methyl sites for hydroxylation is 2. The van der Waals surface area contributed by atoms with Crippen LogP contribution in [0, 0.1) is 5.92 Å². The highest BCUT2D eigenvalue weighted by Gasteiger charge is 2.25. The first-order chi connectivity index (χ1) is 12.5. The summed E-state index contributed by atoms with van der Waals surface area (Å²) in [6.45, 7) is 6.39. The zero-order valence-corrected chi connectivity index (χ0v) is 16.3. The van der Waals surface area contributed by atoms with Gasteiger partial charge in [-0.05, 0) is 49.5 Å². The summed E-state index contributed by atoms with van der Waals surface area (Å²) in [5.74, 6) is 1.50. The van der Waals surface area contributed by atoms with Gasteiger partial charge in [0.2, 0.25) is 0 Å². The number of H-pyrrole nitrogens is 1. The molecule has 3 rings (SSSR count). The Kier molecular flexibility index (Phi) is 6.18. The summed E-state index contributed by atoms with van der Waals surface area (Å²) in [5, 5.41) is 0. The lowest BCUT2D eigenvalue weighted by Crippen LogP contribution is -2.30. The lowest BCUT2D eigenvalue weighted by molar-refractivity contribution is 0.101. The number of pyridine rings is 1. The number of hydrogen-bond acceptors (Lipinski definition) is 2. The highest BCUT2D eigenvalue weighted by molar-refractivity contribution is 5.36. The maximum atomic E-state index is 12.7. The Balaban J connectivity index is 1.83. The SMILES string of the molecule is CC(C)c1c(O[C@H]2CCCC[C@@H]2C)cc(CCc2ccccc2)[nH]c1=O. The van der Waals surface area contributed by atoms with Gasteiger partial charge in [0.1, 0.15) is 11.9 Å². The fourth-order valence-electron chi connectivity index (χ4n) is 3.92. The average molecular weight is 354 g/mol. The van der Waals surface area contributed by atoms with Crippen molar-refractivity contribution in [2.24, 2.45) is 5.92 Å². The standard InChI is InChI=1S/C23H31NO2/c1-16(2)22-21(26-20-12-8-7-9-17(20)3)15-19(24-23(22)25)14-13-18-10-5-4-6-11-18/h4-6,10-11,15-17,20H,7-9,12-14H2,1-3H3,(H,24,25)/t17-,20-/m0/s1. The van der Waals surface area contributed by atoms with Gasteiger partial charge in [0.15, 0.2) is 0 Å². The quantitative estimate of drug-likeness (QED) is 0.771. The van der Waals surface area contributed by atoms with Crippen LogP contribution in [0.1, 0.15) is 69.2 Å². The Morgan fingerprint density at radius 3 is 2.54 bits per heavy atom. The van der Waals surface area contributed by atoms with Crippen molar-refractivity contribution in [2.45, 2.75) is 71.3 Å². The molecular formula is C23H31NO2. The van der Waals surface area contributed by atoms with Crippen LogP contribution in [0.25, 0.3) is 0 Å². The minimum atomic E-state index is 0.00373. The lowest BCUT2D eigenvalue weighted by Gasteiger charge is -2.30. The third-order valence-corrected chi connectivity index (χ3v) is 5.50. The van der Waals surface area contributed by atoms with Gasteiger partial charge >= 0.3 is 0 Å². The van der Waals surface area contributed by atoms with Gasteiger partial charge in [-0.25, -0.2) is 0 Å². The minimum Gasteiger partial charge on any atom is -0.490 e. The Labute approximate surface area is 156 Å². The summed E-state index contributed by atoms with van der Waals surface area (Å²) < 4.78 is 6.41. The Hall–Kier alpha value is -2.03. The van der Waals surface area contributed by atoms with E-state index in [9.17, 15) is 4.79 Å². The zero-order valence-electron chi connectivity index (χ0n) is 16.3. The van der Waals surface area contributed by atoms with Crippen molar-refractivity contribution in [1.82, 2.24) is 4.98 Å². The van der Waals surface area contributed by atoms with Crippen molar-refractivity contribution in [3.8, 4) is 5.75 Å². The van der Waals surface area contributed by atoms with Crippen LogP contribution in [0.15, 0.2) is 41.2 Å². The van der Waals surface area contributed by atoms with Crippen LogP contribution in [0.4, 0.5) is 0 Å². The summed E-state index contributed by atoms with van der Waals surface area (Å²) in [4.78, 5) is 15.8. The van der Waals surface area contributed by atoms with Crippen molar-refractivity contribution < 1.29 is 4.74 Å². The molecule has 1 saturated carbocycles. The molecule has 0 unspecified atom stereocenters. The summed E-state index contributed by atoms with van der Waals surface area (Å²) in [6.07, 6.45) is 6.76. The molecule has 0 radical (unpaired) electrons. The Morgan fingerprint density at radius 2 is 1.85 bits per heavy atom. The molecule has 1 aliphatic rings. The van der Waals surface area contributed by atoms with E-state index in [1.165, 1.54) is 24.8 Å². The molecule has 1 N–H and O–H groups in total. The van der Waals surface area contributed by atoms with Crippen molar-refractivity contribution in [2.75, 3.05) is 0 Å². The van der Waals surface area contributed by atoms with E-state index >= 15 is 0 Å². The maximum absolute atomic E-state index is 12.7. The second-order valence-electron chi connectivity index (χ2n) is 7.96. The Morgan fingerprint density at radius 1 is 1.12 bits per heavy atom. The van der Waals surface area contributed by atoms with E-state index in [-0.39, 0.29) is 17.6 Å². The van der Waals surface area contributed by atoms with E-state index in [1.807, 2.05) is 6.07 Å². The molecule has 1 heterocycles. The number of aromatic amines is 1. The smallest absolute Gasteiger partial charge is 0.255 e. The summed E-state index contributed by atoms with van der Waals surface area (Å²) >= 11 is 0. The van der Waals surface area contributed by atoms with Crippen molar-refractivity contribution in [1.29, 1.82) is 0 Å². The van der Waals surface area contributed by atoms with E-state index in [0.29, 0.717) is 5.92 Å². The van der Waals surface area contributed by atoms with E-state index < -0.39 is 0 Å². The van der Waals surface area contributed by atoms with Crippen molar-refractivity contribution in [3.05, 3.63) is 63.6 Å². The first-order valence-corrected chi connectivity index (χ1v) is 10.0. The van der Waals surface area contributed by atoms with Crippen LogP contribution in [0.2, 0.25) is 0 Å². The predicted molar refractivity (Wildman–Crippen MR) is 107 cm³/mol. The van der Waals surface area contributed by atoms with Gasteiger partial charge in [-0.2, -0.15) is 0 Å². The van der Waals surface area contributed by atoms with Gasteiger partial charge in [0, 0.05) is 11.8 Å². The molecule has 140 valence electrons. The molecule has 0 amide bonds. The van der Waals surface area contributed by atoms with Crippen LogP contribution >= 0.6 is 0 Å². The fourth-order valence-corrected chi connectivity index (χ4v) is 3.92. The maximum Gasteiger partial charge on any atom is 0.255 e. The molecule has 2 atom stereocenters. The van der Waals surface area contributed by atoms with Crippen LogP contribution < -0.4 is 10.3 Å². The largest absolute Gasteiger partial charge is 0.490 e. The molecule has 0 saturated heterocycles. The highest BCUT2D eigenvalue weighted by Crippen LogP contribution is 2.31. The predicted octanol–water partition coefficient (Wildman–Crippen LogP) is 5.24. The van der Waals surface area contributed by atoms with Crippen LogP contribution in [-0.2, 0) is 12.8 Å². The highest BCUT2D eigenvalue weighted by atomic mass is 16.5. The monoisotopic (exact) mass is 353 g/mol. The molecule has 1 fully saturated rings. The second kappa shape index (κ2) is 8.57. The van der Waals surface area contributed by atoms with Gasteiger partial charge in [0.05, 0.1) is 5.56 Å². The summed E-state index contributed by atoms with van der Waals surface area (Å²) in [7, 11) is 0. The molecular weight excluding hydrogens is 322 g/mol. The number of nitrogens with one attached hydrogen (secondary N) is 1. The van der Waals surface area contributed by atoms with Gasteiger partial charge in [-0.3, -0.25) is 4.79 Å². The molecule has 0 bridgehead atoms. The van der Waals surface area contributed by atoms with Gasteiger partial charge < -0.3 is 9.72 Å². The molecule has 26 heavy (non-hydrogen) atoms.